The Labute approximate surface area is 127 Å². The van der Waals surface area contributed by atoms with Crippen LogP contribution in [-0.2, 0) is 9.53 Å². The monoisotopic (exact) mass is 297 g/mol. The highest BCUT2D eigenvalue weighted by molar-refractivity contribution is 5.91. The Kier molecular flexibility index (Phi) is 4.68. The minimum Gasteiger partial charge on any atom is -0.478 e. The molecule has 0 fully saturated rings. The molecule has 2 rings (SSSR count). The van der Waals surface area contributed by atoms with Crippen LogP contribution < -0.4 is 0 Å². The van der Waals surface area contributed by atoms with E-state index in [0.29, 0.717) is 0 Å². The van der Waals surface area contributed by atoms with Gasteiger partial charge in [0.2, 0.25) is 0 Å². The van der Waals surface area contributed by atoms with Crippen molar-refractivity contribution in [3.63, 3.8) is 0 Å². The number of hydrogen-bond donors (Lipinski definition) is 1. The SMILES string of the molecule is COC(=O)/C=C(\C)c1cncc(-c2ccc(C(=O)O)cc2)c1. The molecule has 1 N–H and O–H groups in total. The Balaban J connectivity index is 2.34. The highest BCUT2D eigenvalue weighted by Crippen LogP contribution is 2.23. The second-order valence-electron chi connectivity index (χ2n) is 4.70. The summed E-state index contributed by atoms with van der Waals surface area (Å²) in [5, 5.41) is 8.91. The number of esters is 1. The number of ether oxygens (including phenoxy) is 1. The minimum atomic E-state index is -0.963. The van der Waals surface area contributed by atoms with Crippen LogP contribution >= 0.6 is 0 Å². The standard InChI is InChI=1S/C17H15NO4/c1-11(7-16(19)22-2)14-8-15(10-18-9-14)12-3-5-13(6-4-12)17(20)21/h3-10H,1-2H3,(H,20,21)/b11-7+. The van der Waals surface area contributed by atoms with Gasteiger partial charge in [0.05, 0.1) is 12.7 Å². The van der Waals surface area contributed by atoms with Gasteiger partial charge in [-0.05, 0) is 41.8 Å². The highest BCUT2D eigenvalue weighted by atomic mass is 16.5. The molecule has 0 aliphatic rings. The predicted molar refractivity (Wildman–Crippen MR) is 82.3 cm³/mol. The predicted octanol–water partition coefficient (Wildman–Crippen LogP) is 3.02. The molecular formula is C17H15NO4. The number of carbonyl (C=O) groups excluding carboxylic acids is 1. The zero-order valence-electron chi connectivity index (χ0n) is 12.2. The van der Waals surface area contributed by atoms with Crippen LogP contribution in [0, 0.1) is 0 Å². The van der Waals surface area contributed by atoms with Gasteiger partial charge < -0.3 is 9.84 Å². The lowest BCUT2D eigenvalue weighted by Crippen LogP contribution is -1.96. The van der Waals surface area contributed by atoms with Gasteiger partial charge in [-0.25, -0.2) is 9.59 Å². The Hall–Kier alpha value is -2.95. The van der Waals surface area contributed by atoms with Crippen LogP contribution in [0.15, 0.2) is 48.8 Å². The summed E-state index contributed by atoms with van der Waals surface area (Å²) in [6, 6.07) is 8.42. The van der Waals surface area contributed by atoms with E-state index in [1.165, 1.54) is 13.2 Å². The van der Waals surface area contributed by atoms with Crippen LogP contribution in [0.2, 0.25) is 0 Å². The van der Waals surface area contributed by atoms with Crippen molar-refractivity contribution in [2.24, 2.45) is 0 Å². The maximum atomic E-state index is 11.3. The first-order valence-corrected chi connectivity index (χ1v) is 6.56. The van der Waals surface area contributed by atoms with Crippen LogP contribution in [0.5, 0.6) is 0 Å². The van der Waals surface area contributed by atoms with Gasteiger partial charge in [0.1, 0.15) is 0 Å². The molecule has 0 spiro atoms. The molecule has 0 saturated heterocycles. The third-order valence-electron chi connectivity index (χ3n) is 3.19. The van der Waals surface area contributed by atoms with Crippen molar-refractivity contribution in [1.82, 2.24) is 4.98 Å². The largest absolute Gasteiger partial charge is 0.478 e. The van der Waals surface area contributed by atoms with Crippen LogP contribution in [0.4, 0.5) is 0 Å². The van der Waals surface area contributed by atoms with E-state index in [-0.39, 0.29) is 5.56 Å². The number of pyridine rings is 1. The summed E-state index contributed by atoms with van der Waals surface area (Å²) in [5.74, 6) is -1.39. The van der Waals surface area contributed by atoms with Crippen LogP contribution in [0.25, 0.3) is 16.7 Å². The summed E-state index contributed by atoms with van der Waals surface area (Å²) in [6.45, 7) is 1.80. The summed E-state index contributed by atoms with van der Waals surface area (Å²) >= 11 is 0. The number of rotatable bonds is 4. The molecular weight excluding hydrogens is 282 g/mol. The normalized spacial score (nSPS) is 11.1. The van der Waals surface area contributed by atoms with Crippen molar-refractivity contribution >= 4 is 17.5 Å². The van der Waals surface area contributed by atoms with Gasteiger partial charge in [-0.15, -0.1) is 0 Å². The number of methoxy groups -OCH3 is 1. The summed E-state index contributed by atoms with van der Waals surface area (Å²) in [7, 11) is 1.32. The van der Waals surface area contributed by atoms with E-state index in [0.717, 1.165) is 22.3 Å². The van der Waals surface area contributed by atoms with Crippen LogP contribution in [0.3, 0.4) is 0 Å². The topological polar surface area (TPSA) is 76.5 Å². The first-order valence-electron chi connectivity index (χ1n) is 6.56. The van der Waals surface area contributed by atoms with E-state index in [9.17, 15) is 9.59 Å². The van der Waals surface area contributed by atoms with E-state index >= 15 is 0 Å². The lowest BCUT2D eigenvalue weighted by atomic mass is 10.0. The number of allylic oxidation sites excluding steroid dienone is 1. The number of carboxylic acids is 1. The number of aromatic nitrogens is 1. The fourth-order valence-corrected chi connectivity index (χ4v) is 1.94. The second kappa shape index (κ2) is 6.67. The van der Waals surface area contributed by atoms with Crippen molar-refractivity contribution < 1.29 is 19.4 Å². The zero-order valence-corrected chi connectivity index (χ0v) is 12.2. The molecule has 22 heavy (non-hydrogen) atoms. The number of benzene rings is 1. The third-order valence-corrected chi connectivity index (χ3v) is 3.19. The van der Waals surface area contributed by atoms with Crippen molar-refractivity contribution in [2.45, 2.75) is 6.92 Å². The van der Waals surface area contributed by atoms with Gasteiger partial charge in [0.15, 0.2) is 0 Å². The molecule has 0 atom stereocenters. The number of hydrogen-bond acceptors (Lipinski definition) is 4. The average Bonchev–Trinajstić information content (AvgIpc) is 2.54. The third kappa shape index (κ3) is 3.58. The fraction of sp³-hybridized carbons (Fsp3) is 0.118. The van der Waals surface area contributed by atoms with Crippen LogP contribution in [0.1, 0.15) is 22.8 Å². The molecule has 0 amide bonds. The van der Waals surface area contributed by atoms with Crippen molar-refractivity contribution in [1.29, 1.82) is 0 Å². The molecule has 1 aromatic heterocycles. The van der Waals surface area contributed by atoms with Gasteiger partial charge in [-0.1, -0.05) is 12.1 Å². The van der Waals surface area contributed by atoms with Gasteiger partial charge >= 0.3 is 11.9 Å². The summed E-state index contributed by atoms with van der Waals surface area (Å²) in [6.07, 6.45) is 4.74. The smallest absolute Gasteiger partial charge is 0.335 e. The molecule has 0 radical (unpaired) electrons. The quantitative estimate of drug-likeness (QED) is 0.693. The lowest BCUT2D eigenvalue weighted by Gasteiger charge is -2.06. The number of carbonyl (C=O) groups is 2. The Bertz CT molecular complexity index is 733. The molecule has 0 aliphatic carbocycles. The van der Waals surface area contributed by atoms with Crippen LogP contribution in [-0.4, -0.2) is 29.1 Å². The van der Waals surface area contributed by atoms with Crippen molar-refractivity contribution in [3.05, 3.63) is 59.9 Å². The summed E-state index contributed by atoms with van der Waals surface area (Å²) in [5.41, 5.74) is 3.46. The molecule has 1 aromatic carbocycles. The summed E-state index contributed by atoms with van der Waals surface area (Å²) in [4.78, 5) is 26.3. The molecule has 2 aromatic rings. The molecule has 112 valence electrons. The Morgan fingerprint density at radius 3 is 2.36 bits per heavy atom. The zero-order chi connectivity index (χ0) is 16.1. The second-order valence-corrected chi connectivity index (χ2v) is 4.70. The van der Waals surface area contributed by atoms with E-state index in [4.69, 9.17) is 5.11 Å². The van der Waals surface area contributed by atoms with E-state index in [1.54, 1.807) is 43.6 Å². The van der Waals surface area contributed by atoms with Gasteiger partial charge in [0, 0.05) is 24.0 Å². The number of nitrogens with zero attached hydrogens (tertiary/aromatic N) is 1. The molecule has 0 aliphatic heterocycles. The van der Waals surface area contributed by atoms with Crippen molar-refractivity contribution in [2.75, 3.05) is 7.11 Å². The molecule has 0 saturated carbocycles. The fourth-order valence-electron chi connectivity index (χ4n) is 1.94. The van der Waals surface area contributed by atoms with Crippen molar-refractivity contribution in [3.8, 4) is 11.1 Å². The maximum absolute atomic E-state index is 11.3. The molecule has 5 heteroatoms. The first kappa shape index (κ1) is 15.4. The Morgan fingerprint density at radius 2 is 1.77 bits per heavy atom. The molecule has 0 bridgehead atoms. The molecule has 0 unspecified atom stereocenters. The number of aromatic carboxylic acids is 1. The summed E-state index contributed by atoms with van der Waals surface area (Å²) < 4.78 is 4.60. The molecule has 1 heterocycles. The van der Waals surface area contributed by atoms with Gasteiger partial charge in [0.25, 0.3) is 0 Å². The van der Waals surface area contributed by atoms with E-state index in [2.05, 4.69) is 9.72 Å². The van der Waals surface area contributed by atoms with Gasteiger partial charge in [-0.2, -0.15) is 0 Å². The molecule has 5 nitrogen and oxygen atoms in total. The first-order chi connectivity index (χ1) is 10.5. The highest BCUT2D eigenvalue weighted by Gasteiger charge is 2.06. The maximum Gasteiger partial charge on any atom is 0.335 e. The minimum absolute atomic E-state index is 0.231. The van der Waals surface area contributed by atoms with E-state index < -0.39 is 11.9 Å². The van der Waals surface area contributed by atoms with Gasteiger partial charge in [-0.3, -0.25) is 4.98 Å². The number of carboxylic acid groups (broad SMARTS) is 1. The average molecular weight is 297 g/mol. The van der Waals surface area contributed by atoms with E-state index in [1.807, 2.05) is 6.07 Å². The Morgan fingerprint density at radius 1 is 1.09 bits per heavy atom. The lowest BCUT2D eigenvalue weighted by molar-refractivity contribution is -0.134.